The molecule has 0 bridgehead atoms. The van der Waals surface area contributed by atoms with Crippen LogP contribution in [0.25, 0.3) is 10.8 Å². The van der Waals surface area contributed by atoms with Crippen LogP contribution in [0.4, 0.5) is 5.69 Å². The molecule has 0 aromatic heterocycles. The molecule has 4 rings (SSSR count). The van der Waals surface area contributed by atoms with E-state index in [1.165, 1.54) is 0 Å². The summed E-state index contributed by atoms with van der Waals surface area (Å²) in [6.45, 7) is 3.12. The van der Waals surface area contributed by atoms with Crippen molar-refractivity contribution >= 4 is 28.3 Å². The Bertz CT molecular complexity index is 837. The summed E-state index contributed by atoms with van der Waals surface area (Å²) in [5.74, 6) is 0.623. The normalized spacial score (nSPS) is 21.2. The second kappa shape index (κ2) is 7.69. The average molecular weight is 365 g/mol. The lowest BCUT2D eigenvalue weighted by Crippen LogP contribution is -2.43. The maximum absolute atomic E-state index is 13.0. The van der Waals surface area contributed by atoms with Crippen molar-refractivity contribution in [2.45, 2.75) is 19.3 Å². The number of piperidine rings is 1. The van der Waals surface area contributed by atoms with Gasteiger partial charge in [-0.25, -0.2) is 0 Å². The number of fused-ring (bicyclic) bond motifs is 1. The first-order valence-electron chi connectivity index (χ1n) is 9.89. The second-order valence-electron chi connectivity index (χ2n) is 7.73. The van der Waals surface area contributed by atoms with Gasteiger partial charge in [0.25, 0.3) is 0 Å². The Balaban J connectivity index is 1.47. The first-order valence-corrected chi connectivity index (χ1v) is 9.89. The quantitative estimate of drug-likeness (QED) is 0.906. The summed E-state index contributed by atoms with van der Waals surface area (Å²) < 4.78 is 0. The van der Waals surface area contributed by atoms with Crippen LogP contribution in [0.5, 0.6) is 0 Å². The summed E-state index contributed by atoms with van der Waals surface area (Å²) in [6.07, 6.45) is 2.40. The molecule has 5 heteroatoms. The van der Waals surface area contributed by atoms with Crippen LogP contribution in [0, 0.1) is 11.8 Å². The molecular formula is C22H27N3O2. The molecule has 142 valence electrons. The fourth-order valence-electron chi connectivity index (χ4n) is 4.45. The molecule has 2 heterocycles. The average Bonchev–Trinajstić information content (AvgIpc) is 3.09. The zero-order chi connectivity index (χ0) is 18.8. The minimum absolute atomic E-state index is 0.0507. The van der Waals surface area contributed by atoms with E-state index in [0.29, 0.717) is 18.9 Å². The Hall–Kier alpha value is -2.40. The van der Waals surface area contributed by atoms with Crippen molar-refractivity contribution in [2.24, 2.45) is 11.8 Å². The summed E-state index contributed by atoms with van der Waals surface area (Å²) in [5.41, 5.74) is 0.918. The number of anilines is 1. The highest BCUT2D eigenvalue weighted by Gasteiger charge is 2.38. The van der Waals surface area contributed by atoms with Crippen molar-refractivity contribution in [1.29, 1.82) is 0 Å². The molecule has 27 heavy (non-hydrogen) atoms. The topological polar surface area (TPSA) is 52.7 Å². The van der Waals surface area contributed by atoms with E-state index >= 15 is 0 Å². The standard InChI is InChI=1S/C22H27N3O2/c1-23-14-16-9-11-24(12-10-16)22(27)18-13-21(26)25(15-18)20-8-4-6-17-5-2-3-7-19(17)20/h2-8,16,18,23H,9-15H2,1H3. The van der Waals surface area contributed by atoms with Gasteiger partial charge in [0.1, 0.15) is 0 Å². The van der Waals surface area contributed by atoms with Crippen molar-refractivity contribution in [2.75, 3.05) is 38.1 Å². The summed E-state index contributed by atoms with van der Waals surface area (Å²) in [4.78, 5) is 29.5. The number of hydrogen-bond acceptors (Lipinski definition) is 3. The lowest BCUT2D eigenvalue weighted by Gasteiger charge is -2.33. The first-order chi connectivity index (χ1) is 13.2. The Morgan fingerprint density at radius 1 is 1.11 bits per heavy atom. The molecule has 2 aliphatic heterocycles. The largest absolute Gasteiger partial charge is 0.342 e. The lowest BCUT2D eigenvalue weighted by molar-refractivity contribution is -0.137. The van der Waals surface area contributed by atoms with E-state index < -0.39 is 0 Å². The number of benzene rings is 2. The van der Waals surface area contributed by atoms with E-state index in [1.54, 1.807) is 4.90 Å². The fourth-order valence-corrected chi connectivity index (χ4v) is 4.45. The molecule has 2 fully saturated rings. The van der Waals surface area contributed by atoms with Gasteiger partial charge in [-0.2, -0.15) is 0 Å². The molecule has 0 saturated carbocycles. The van der Waals surface area contributed by atoms with Crippen LogP contribution in [0.15, 0.2) is 42.5 Å². The third-order valence-electron chi connectivity index (χ3n) is 5.95. The van der Waals surface area contributed by atoms with Gasteiger partial charge in [0.05, 0.1) is 11.6 Å². The van der Waals surface area contributed by atoms with Crippen LogP contribution in [0.1, 0.15) is 19.3 Å². The Kier molecular flexibility index (Phi) is 5.12. The van der Waals surface area contributed by atoms with Crippen molar-refractivity contribution in [3.63, 3.8) is 0 Å². The van der Waals surface area contributed by atoms with E-state index in [9.17, 15) is 9.59 Å². The molecule has 0 radical (unpaired) electrons. The predicted octanol–water partition coefficient (Wildman–Crippen LogP) is 2.65. The van der Waals surface area contributed by atoms with E-state index in [-0.39, 0.29) is 17.7 Å². The lowest BCUT2D eigenvalue weighted by atomic mass is 9.95. The van der Waals surface area contributed by atoms with Gasteiger partial charge in [-0.05, 0) is 43.8 Å². The van der Waals surface area contributed by atoms with Crippen LogP contribution in [-0.4, -0.2) is 49.9 Å². The molecule has 1 atom stereocenters. The maximum atomic E-state index is 13.0. The van der Waals surface area contributed by atoms with Crippen LogP contribution < -0.4 is 10.2 Å². The Morgan fingerprint density at radius 3 is 2.63 bits per heavy atom. The van der Waals surface area contributed by atoms with Crippen molar-refractivity contribution < 1.29 is 9.59 Å². The van der Waals surface area contributed by atoms with Gasteiger partial charge < -0.3 is 15.1 Å². The van der Waals surface area contributed by atoms with Crippen LogP contribution in [0.3, 0.4) is 0 Å². The smallest absolute Gasteiger partial charge is 0.228 e. The zero-order valence-electron chi connectivity index (χ0n) is 15.9. The van der Waals surface area contributed by atoms with Crippen molar-refractivity contribution in [3.05, 3.63) is 42.5 Å². The highest BCUT2D eigenvalue weighted by Crippen LogP contribution is 2.32. The van der Waals surface area contributed by atoms with Gasteiger partial charge in [-0.1, -0.05) is 36.4 Å². The molecule has 2 aliphatic rings. The summed E-state index contributed by atoms with van der Waals surface area (Å²) in [5, 5.41) is 5.41. The SMILES string of the molecule is CNCC1CCN(C(=O)C2CC(=O)N(c3cccc4ccccc34)C2)CC1. The van der Waals surface area contributed by atoms with E-state index in [4.69, 9.17) is 0 Å². The number of amides is 2. The number of hydrogen-bond donors (Lipinski definition) is 1. The Morgan fingerprint density at radius 2 is 1.85 bits per heavy atom. The molecule has 2 aromatic carbocycles. The summed E-state index contributed by atoms with van der Waals surface area (Å²) in [6, 6.07) is 14.1. The van der Waals surface area contributed by atoms with Gasteiger partial charge >= 0.3 is 0 Å². The molecule has 0 aliphatic carbocycles. The molecular weight excluding hydrogens is 338 g/mol. The minimum Gasteiger partial charge on any atom is -0.342 e. The third kappa shape index (κ3) is 3.56. The van der Waals surface area contributed by atoms with E-state index in [2.05, 4.69) is 17.4 Å². The molecule has 1 unspecified atom stereocenters. The number of carbonyl (C=O) groups is 2. The monoisotopic (exact) mass is 365 g/mol. The van der Waals surface area contributed by atoms with Gasteiger partial charge in [0.2, 0.25) is 11.8 Å². The molecule has 2 amide bonds. The van der Waals surface area contributed by atoms with Crippen LogP contribution in [-0.2, 0) is 9.59 Å². The highest BCUT2D eigenvalue weighted by atomic mass is 16.2. The van der Waals surface area contributed by atoms with E-state index in [0.717, 1.165) is 48.9 Å². The minimum atomic E-state index is -0.225. The molecule has 5 nitrogen and oxygen atoms in total. The maximum Gasteiger partial charge on any atom is 0.228 e. The van der Waals surface area contributed by atoms with Gasteiger partial charge in [0.15, 0.2) is 0 Å². The van der Waals surface area contributed by atoms with Crippen LogP contribution >= 0.6 is 0 Å². The number of likely N-dealkylation sites (tertiary alicyclic amines) is 1. The van der Waals surface area contributed by atoms with Gasteiger partial charge in [0, 0.05) is 31.4 Å². The number of nitrogens with one attached hydrogen (secondary N) is 1. The van der Waals surface area contributed by atoms with Crippen molar-refractivity contribution in [3.8, 4) is 0 Å². The molecule has 0 spiro atoms. The van der Waals surface area contributed by atoms with Gasteiger partial charge in [-0.15, -0.1) is 0 Å². The molecule has 2 aromatic rings. The number of rotatable bonds is 4. The number of nitrogens with zero attached hydrogens (tertiary/aromatic N) is 2. The van der Waals surface area contributed by atoms with Gasteiger partial charge in [-0.3, -0.25) is 9.59 Å². The summed E-state index contributed by atoms with van der Waals surface area (Å²) >= 11 is 0. The second-order valence-corrected chi connectivity index (χ2v) is 7.73. The first kappa shape index (κ1) is 18.0. The third-order valence-corrected chi connectivity index (χ3v) is 5.95. The molecule has 2 saturated heterocycles. The highest BCUT2D eigenvalue weighted by molar-refractivity contribution is 6.07. The summed E-state index contributed by atoms with van der Waals surface area (Å²) in [7, 11) is 1.98. The zero-order valence-corrected chi connectivity index (χ0v) is 15.9. The fraction of sp³-hybridized carbons (Fsp3) is 0.455. The Labute approximate surface area is 160 Å². The van der Waals surface area contributed by atoms with Crippen LogP contribution in [0.2, 0.25) is 0 Å². The number of carbonyl (C=O) groups excluding carboxylic acids is 2. The molecule has 1 N–H and O–H groups in total. The van der Waals surface area contributed by atoms with E-state index in [1.807, 2.05) is 42.3 Å². The predicted molar refractivity (Wildman–Crippen MR) is 108 cm³/mol. The van der Waals surface area contributed by atoms with Crippen molar-refractivity contribution in [1.82, 2.24) is 10.2 Å².